The van der Waals surface area contributed by atoms with Gasteiger partial charge in [0.1, 0.15) is 12.4 Å². The molecule has 3 rings (SSSR count). The summed E-state index contributed by atoms with van der Waals surface area (Å²) in [5.74, 6) is 2.43. The maximum Gasteiger partial charge on any atom is 0.230 e. The maximum absolute atomic E-state index is 12.4. The number of hydrogen-bond acceptors (Lipinski definition) is 5. The number of amides is 1. The summed E-state index contributed by atoms with van der Waals surface area (Å²) in [6.07, 6.45) is 6.52. The van der Waals surface area contributed by atoms with Crippen molar-refractivity contribution in [1.82, 2.24) is 20.1 Å². The van der Waals surface area contributed by atoms with Gasteiger partial charge in [-0.25, -0.2) is 0 Å². The van der Waals surface area contributed by atoms with E-state index in [4.69, 9.17) is 4.74 Å². The summed E-state index contributed by atoms with van der Waals surface area (Å²) in [6, 6.07) is 9.90. The monoisotopic (exact) mass is 400 g/mol. The number of allylic oxidation sites excluding steroid dienone is 1. The van der Waals surface area contributed by atoms with Crippen molar-refractivity contribution in [3.63, 3.8) is 0 Å². The summed E-state index contributed by atoms with van der Waals surface area (Å²) in [7, 11) is 0. The standard InChI is InChI=1S/C21H28N4O2S/c1-3-13-25-19(14-27-17-10-5-4-6-11-17)23-24-21(25)28-15-20(26)22-18-12-8-7-9-16(18)2/h3-6,10-11,16,18H,1,7-9,12-15H2,2H3,(H,22,26)/t16-,18+/m1/s1. The molecular weight excluding hydrogens is 372 g/mol. The van der Waals surface area contributed by atoms with Gasteiger partial charge in [-0.1, -0.05) is 55.8 Å². The first-order valence-corrected chi connectivity index (χ1v) is 10.8. The first-order chi connectivity index (χ1) is 13.7. The van der Waals surface area contributed by atoms with E-state index in [-0.39, 0.29) is 5.91 Å². The van der Waals surface area contributed by atoms with E-state index in [9.17, 15) is 4.79 Å². The third kappa shape index (κ3) is 5.61. The van der Waals surface area contributed by atoms with E-state index in [2.05, 4.69) is 29.0 Å². The number of thioether (sulfide) groups is 1. The second-order valence-corrected chi connectivity index (χ2v) is 8.07. The van der Waals surface area contributed by atoms with E-state index >= 15 is 0 Å². The van der Waals surface area contributed by atoms with E-state index in [1.807, 2.05) is 34.9 Å². The van der Waals surface area contributed by atoms with Crippen LogP contribution in [0, 0.1) is 5.92 Å². The Labute approximate surface area is 170 Å². The largest absolute Gasteiger partial charge is 0.486 e. The molecule has 1 heterocycles. The molecule has 1 saturated carbocycles. The lowest BCUT2D eigenvalue weighted by Gasteiger charge is -2.29. The van der Waals surface area contributed by atoms with Gasteiger partial charge < -0.3 is 10.1 Å². The Bertz CT molecular complexity index is 778. The summed E-state index contributed by atoms with van der Waals surface area (Å²) in [4.78, 5) is 12.4. The van der Waals surface area contributed by atoms with Crippen molar-refractivity contribution in [3.8, 4) is 5.75 Å². The molecule has 7 heteroatoms. The van der Waals surface area contributed by atoms with Crippen LogP contribution in [0.4, 0.5) is 0 Å². The van der Waals surface area contributed by atoms with Gasteiger partial charge in [-0.05, 0) is 30.9 Å². The van der Waals surface area contributed by atoms with Crippen LogP contribution in [-0.4, -0.2) is 32.5 Å². The summed E-state index contributed by atoms with van der Waals surface area (Å²) in [5.41, 5.74) is 0. The zero-order valence-electron chi connectivity index (χ0n) is 16.3. The first-order valence-electron chi connectivity index (χ1n) is 9.80. The van der Waals surface area contributed by atoms with Crippen molar-refractivity contribution < 1.29 is 9.53 Å². The number of rotatable bonds is 9. The molecule has 1 fully saturated rings. The topological polar surface area (TPSA) is 69.0 Å². The van der Waals surface area contributed by atoms with Crippen molar-refractivity contribution in [2.24, 2.45) is 5.92 Å². The highest BCUT2D eigenvalue weighted by Gasteiger charge is 2.23. The molecular formula is C21H28N4O2S. The lowest BCUT2D eigenvalue weighted by Crippen LogP contribution is -2.41. The molecule has 6 nitrogen and oxygen atoms in total. The molecule has 28 heavy (non-hydrogen) atoms. The average molecular weight is 401 g/mol. The SMILES string of the molecule is C=CCn1c(COc2ccccc2)nnc1SCC(=O)N[C@H]1CCCC[C@H]1C. The number of nitrogens with one attached hydrogen (secondary N) is 1. The van der Waals surface area contributed by atoms with Gasteiger partial charge in [0, 0.05) is 12.6 Å². The van der Waals surface area contributed by atoms with Gasteiger partial charge in [-0.2, -0.15) is 0 Å². The summed E-state index contributed by atoms with van der Waals surface area (Å²) in [6.45, 7) is 6.92. The number of ether oxygens (including phenoxy) is 1. The van der Waals surface area contributed by atoms with Gasteiger partial charge in [0.2, 0.25) is 5.91 Å². The zero-order chi connectivity index (χ0) is 19.8. The zero-order valence-corrected chi connectivity index (χ0v) is 17.2. The Kier molecular flexibility index (Phi) is 7.54. The number of hydrogen-bond donors (Lipinski definition) is 1. The van der Waals surface area contributed by atoms with Gasteiger partial charge in [0.05, 0.1) is 5.75 Å². The summed E-state index contributed by atoms with van der Waals surface area (Å²) in [5, 5.41) is 12.4. The molecule has 1 aliphatic carbocycles. The van der Waals surface area contributed by atoms with Crippen LogP contribution in [0.15, 0.2) is 48.1 Å². The average Bonchev–Trinajstić information content (AvgIpc) is 3.09. The molecule has 0 unspecified atom stereocenters. The quantitative estimate of drug-likeness (QED) is 0.512. The Balaban J connectivity index is 1.56. The van der Waals surface area contributed by atoms with E-state index in [1.54, 1.807) is 6.08 Å². The van der Waals surface area contributed by atoms with E-state index in [1.165, 1.54) is 31.0 Å². The van der Waals surface area contributed by atoms with Gasteiger partial charge in [-0.3, -0.25) is 9.36 Å². The lowest BCUT2D eigenvalue weighted by molar-refractivity contribution is -0.119. The Morgan fingerprint density at radius 1 is 1.32 bits per heavy atom. The predicted octanol–water partition coefficient (Wildman–Crippen LogP) is 3.83. The number of carbonyl (C=O) groups excluding carboxylic acids is 1. The number of para-hydroxylation sites is 1. The molecule has 0 spiro atoms. The van der Waals surface area contributed by atoms with E-state index in [0.717, 1.165) is 12.2 Å². The molecule has 1 N–H and O–H groups in total. The molecule has 0 aliphatic heterocycles. The minimum atomic E-state index is 0.0546. The van der Waals surface area contributed by atoms with Crippen molar-refractivity contribution in [1.29, 1.82) is 0 Å². The smallest absolute Gasteiger partial charge is 0.230 e. The van der Waals surface area contributed by atoms with Crippen LogP contribution in [-0.2, 0) is 17.9 Å². The Morgan fingerprint density at radius 2 is 2.11 bits per heavy atom. The number of carbonyl (C=O) groups is 1. The third-order valence-electron chi connectivity index (χ3n) is 5.01. The van der Waals surface area contributed by atoms with Crippen LogP contribution in [0.1, 0.15) is 38.4 Å². The van der Waals surface area contributed by atoms with Gasteiger partial charge in [0.15, 0.2) is 11.0 Å². The molecule has 0 radical (unpaired) electrons. The minimum absolute atomic E-state index is 0.0546. The molecule has 1 amide bonds. The highest BCUT2D eigenvalue weighted by molar-refractivity contribution is 7.99. The van der Waals surface area contributed by atoms with Gasteiger partial charge in [0.25, 0.3) is 0 Å². The van der Waals surface area contributed by atoms with Crippen LogP contribution in [0.5, 0.6) is 5.75 Å². The Morgan fingerprint density at radius 3 is 2.86 bits per heavy atom. The molecule has 1 aliphatic rings. The summed E-state index contributed by atoms with van der Waals surface area (Å²) < 4.78 is 7.73. The molecule has 2 aromatic rings. The van der Waals surface area contributed by atoms with E-state index < -0.39 is 0 Å². The first kappa shape index (κ1) is 20.5. The van der Waals surface area contributed by atoms with Crippen molar-refractivity contribution in [2.45, 2.75) is 57.0 Å². The van der Waals surface area contributed by atoms with Gasteiger partial charge in [-0.15, -0.1) is 16.8 Å². The van der Waals surface area contributed by atoms with Crippen LogP contribution >= 0.6 is 11.8 Å². The van der Waals surface area contributed by atoms with Gasteiger partial charge >= 0.3 is 0 Å². The number of nitrogens with zero attached hydrogens (tertiary/aromatic N) is 3. The lowest BCUT2D eigenvalue weighted by atomic mass is 9.86. The van der Waals surface area contributed by atoms with Crippen LogP contribution < -0.4 is 10.1 Å². The number of benzene rings is 1. The van der Waals surface area contributed by atoms with Crippen molar-refractivity contribution in [2.75, 3.05) is 5.75 Å². The molecule has 1 aromatic heterocycles. The second kappa shape index (κ2) is 10.3. The highest BCUT2D eigenvalue weighted by Crippen LogP contribution is 2.24. The van der Waals surface area contributed by atoms with E-state index in [0.29, 0.717) is 41.8 Å². The molecule has 0 bridgehead atoms. The highest BCUT2D eigenvalue weighted by atomic mass is 32.2. The van der Waals surface area contributed by atoms with Crippen molar-refractivity contribution in [3.05, 3.63) is 48.8 Å². The molecule has 1 aromatic carbocycles. The third-order valence-corrected chi connectivity index (χ3v) is 5.97. The normalized spacial score (nSPS) is 19.2. The molecule has 150 valence electrons. The fourth-order valence-electron chi connectivity index (χ4n) is 3.42. The summed E-state index contributed by atoms with van der Waals surface area (Å²) >= 11 is 1.40. The number of aromatic nitrogens is 3. The fourth-order valence-corrected chi connectivity index (χ4v) is 4.20. The molecule has 2 atom stereocenters. The predicted molar refractivity (Wildman–Crippen MR) is 111 cm³/mol. The molecule has 0 saturated heterocycles. The fraction of sp³-hybridized carbons (Fsp3) is 0.476. The van der Waals surface area contributed by atoms with Crippen LogP contribution in [0.3, 0.4) is 0 Å². The van der Waals surface area contributed by atoms with Crippen molar-refractivity contribution >= 4 is 17.7 Å². The second-order valence-electron chi connectivity index (χ2n) is 7.12. The Hall–Kier alpha value is -2.28. The minimum Gasteiger partial charge on any atom is -0.486 e. The van der Waals surface area contributed by atoms with Crippen LogP contribution in [0.2, 0.25) is 0 Å². The van der Waals surface area contributed by atoms with Crippen LogP contribution in [0.25, 0.3) is 0 Å². The maximum atomic E-state index is 12.4.